The Bertz CT molecular complexity index is 725. The third-order valence-corrected chi connectivity index (χ3v) is 4.88. The van der Waals surface area contributed by atoms with Crippen LogP contribution >= 0.6 is 0 Å². The van der Waals surface area contributed by atoms with Gasteiger partial charge in [0.25, 0.3) is 0 Å². The van der Waals surface area contributed by atoms with Crippen molar-refractivity contribution in [2.45, 2.75) is 13.3 Å². The third kappa shape index (κ3) is 4.45. The van der Waals surface area contributed by atoms with Crippen molar-refractivity contribution in [3.05, 3.63) is 29.8 Å². The fourth-order valence-corrected chi connectivity index (χ4v) is 3.18. The minimum atomic E-state index is -0.405. The van der Waals surface area contributed by atoms with Gasteiger partial charge in [0.15, 0.2) is 0 Å². The standard InChI is InChI=1S/C19H23N3O5/c1-2-27-19(26)13-3-5-14(6-4-13)20-17(24)15-11-16(15)18(25)22-9-7-21(12-23)8-10-22/h3-6,12,15-16H,2,7-11H2,1H3,(H,20,24). The van der Waals surface area contributed by atoms with Gasteiger partial charge in [-0.05, 0) is 37.6 Å². The van der Waals surface area contributed by atoms with Crippen molar-refractivity contribution in [3.63, 3.8) is 0 Å². The zero-order valence-corrected chi connectivity index (χ0v) is 15.2. The zero-order chi connectivity index (χ0) is 19.4. The fourth-order valence-electron chi connectivity index (χ4n) is 3.18. The Morgan fingerprint density at radius 1 is 1.11 bits per heavy atom. The van der Waals surface area contributed by atoms with Crippen molar-refractivity contribution in [3.8, 4) is 0 Å². The number of hydrogen-bond donors (Lipinski definition) is 1. The quantitative estimate of drug-likeness (QED) is 0.586. The molecule has 1 aromatic carbocycles. The summed E-state index contributed by atoms with van der Waals surface area (Å²) in [5, 5.41) is 2.79. The minimum absolute atomic E-state index is 0.0154. The molecule has 2 unspecified atom stereocenters. The lowest BCUT2D eigenvalue weighted by molar-refractivity contribution is -0.137. The summed E-state index contributed by atoms with van der Waals surface area (Å²) >= 11 is 0. The number of carbonyl (C=O) groups excluding carboxylic acids is 4. The predicted molar refractivity (Wildman–Crippen MR) is 96.8 cm³/mol. The van der Waals surface area contributed by atoms with Crippen molar-refractivity contribution in [2.75, 3.05) is 38.1 Å². The summed E-state index contributed by atoms with van der Waals surface area (Å²) in [6, 6.07) is 6.47. The normalized spacial score (nSPS) is 21.4. The second-order valence-electron chi connectivity index (χ2n) is 6.70. The molecule has 0 radical (unpaired) electrons. The number of hydrogen-bond acceptors (Lipinski definition) is 5. The Morgan fingerprint density at radius 2 is 1.78 bits per heavy atom. The van der Waals surface area contributed by atoms with Crippen LogP contribution in [0.5, 0.6) is 0 Å². The van der Waals surface area contributed by atoms with Gasteiger partial charge in [-0.2, -0.15) is 0 Å². The third-order valence-electron chi connectivity index (χ3n) is 4.88. The summed E-state index contributed by atoms with van der Waals surface area (Å²) in [6.45, 7) is 4.13. The molecule has 0 bridgehead atoms. The SMILES string of the molecule is CCOC(=O)c1ccc(NC(=O)C2CC2C(=O)N2CCN(C=O)CC2)cc1. The van der Waals surface area contributed by atoms with Crippen molar-refractivity contribution in [1.82, 2.24) is 9.80 Å². The molecule has 1 saturated carbocycles. The van der Waals surface area contributed by atoms with E-state index in [0.717, 1.165) is 6.41 Å². The number of carbonyl (C=O) groups is 4. The van der Waals surface area contributed by atoms with Gasteiger partial charge in [0, 0.05) is 31.9 Å². The van der Waals surface area contributed by atoms with Crippen molar-refractivity contribution < 1.29 is 23.9 Å². The molecule has 144 valence electrons. The van der Waals surface area contributed by atoms with Gasteiger partial charge in [-0.25, -0.2) is 4.79 Å². The monoisotopic (exact) mass is 373 g/mol. The number of amides is 3. The molecule has 1 aliphatic carbocycles. The van der Waals surface area contributed by atoms with Gasteiger partial charge < -0.3 is 19.9 Å². The Hall–Kier alpha value is -2.90. The van der Waals surface area contributed by atoms with Crippen molar-refractivity contribution in [1.29, 1.82) is 0 Å². The molecular formula is C19H23N3O5. The van der Waals surface area contributed by atoms with E-state index in [2.05, 4.69) is 5.32 Å². The summed E-state index contributed by atoms with van der Waals surface area (Å²) < 4.78 is 4.92. The molecule has 0 spiro atoms. The summed E-state index contributed by atoms with van der Waals surface area (Å²) in [7, 11) is 0. The van der Waals surface area contributed by atoms with Crippen LogP contribution in [0, 0.1) is 11.8 Å². The Balaban J connectivity index is 1.49. The van der Waals surface area contributed by atoms with E-state index in [0.29, 0.717) is 50.5 Å². The van der Waals surface area contributed by atoms with Gasteiger partial charge >= 0.3 is 5.97 Å². The zero-order valence-electron chi connectivity index (χ0n) is 15.2. The first-order valence-corrected chi connectivity index (χ1v) is 9.09. The van der Waals surface area contributed by atoms with Crippen LogP contribution in [0.4, 0.5) is 5.69 Å². The second-order valence-corrected chi connectivity index (χ2v) is 6.70. The van der Waals surface area contributed by atoms with Gasteiger partial charge in [0.2, 0.25) is 18.2 Å². The average Bonchev–Trinajstić information content (AvgIpc) is 3.49. The van der Waals surface area contributed by atoms with E-state index in [4.69, 9.17) is 4.74 Å². The van der Waals surface area contributed by atoms with Crippen LogP contribution in [0.2, 0.25) is 0 Å². The number of anilines is 1. The number of esters is 1. The van der Waals surface area contributed by atoms with Gasteiger partial charge in [0.05, 0.1) is 24.0 Å². The highest BCUT2D eigenvalue weighted by atomic mass is 16.5. The first kappa shape index (κ1) is 18.9. The molecule has 1 aromatic rings. The number of nitrogens with zero attached hydrogens (tertiary/aromatic N) is 2. The highest BCUT2D eigenvalue weighted by Gasteiger charge is 2.49. The lowest BCUT2D eigenvalue weighted by Gasteiger charge is -2.32. The molecule has 8 nitrogen and oxygen atoms in total. The maximum atomic E-state index is 12.5. The first-order chi connectivity index (χ1) is 13.0. The van der Waals surface area contributed by atoms with Crippen molar-refractivity contribution in [2.24, 2.45) is 11.8 Å². The van der Waals surface area contributed by atoms with Gasteiger partial charge in [-0.1, -0.05) is 0 Å². The molecule has 27 heavy (non-hydrogen) atoms. The van der Waals surface area contributed by atoms with E-state index in [-0.39, 0.29) is 23.7 Å². The minimum Gasteiger partial charge on any atom is -0.462 e. The molecular weight excluding hydrogens is 350 g/mol. The maximum absolute atomic E-state index is 12.5. The second kappa shape index (κ2) is 8.20. The number of ether oxygens (including phenoxy) is 1. The van der Waals surface area contributed by atoms with Gasteiger partial charge in [0.1, 0.15) is 0 Å². The summed E-state index contributed by atoms with van der Waals surface area (Å²) in [6.07, 6.45) is 1.34. The van der Waals surface area contributed by atoms with Crippen LogP contribution in [0.1, 0.15) is 23.7 Å². The Kier molecular flexibility index (Phi) is 5.73. The van der Waals surface area contributed by atoms with E-state index < -0.39 is 5.97 Å². The predicted octanol–water partition coefficient (Wildman–Crippen LogP) is 0.738. The molecule has 8 heteroatoms. The topological polar surface area (TPSA) is 96.0 Å². The van der Waals surface area contributed by atoms with Crippen LogP contribution in [0.15, 0.2) is 24.3 Å². The van der Waals surface area contributed by atoms with E-state index in [9.17, 15) is 19.2 Å². The van der Waals surface area contributed by atoms with Gasteiger partial charge in [-0.15, -0.1) is 0 Å². The maximum Gasteiger partial charge on any atom is 0.338 e. The van der Waals surface area contributed by atoms with E-state index in [1.807, 2.05) is 0 Å². The van der Waals surface area contributed by atoms with E-state index in [1.165, 1.54) is 0 Å². The number of nitrogens with one attached hydrogen (secondary N) is 1. The molecule has 1 heterocycles. The Morgan fingerprint density at radius 3 is 2.37 bits per heavy atom. The molecule has 1 N–H and O–H groups in total. The summed E-state index contributed by atoms with van der Waals surface area (Å²) in [5.41, 5.74) is 0.995. The highest BCUT2D eigenvalue weighted by molar-refractivity contribution is 6.00. The fraction of sp³-hybridized carbons (Fsp3) is 0.474. The molecule has 1 aliphatic heterocycles. The number of piperazine rings is 1. The van der Waals surface area contributed by atoms with Crippen LogP contribution in [0.3, 0.4) is 0 Å². The summed E-state index contributed by atoms with van der Waals surface area (Å²) in [4.78, 5) is 50.6. The molecule has 0 aromatic heterocycles. The lowest BCUT2D eigenvalue weighted by atomic mass is 10.2. The van der Waals surface area contributed by atoms with Crippen molar-refractivity contribution >= 4 is 29.9 Å². The first-order valence-electron chi connectivity index (χ1n) is 9.09. The lowest BCUT2D eigenvalue weighted by Crippen LogP contribution is -2.48. The van der Waals surface area contributed by atoms with Gasteiger partial charge in [-0.3, -0.25) is 14.4 Å². The number of benzene rings is 1. The van der Waals surface area contributed by atoms with E-state index in [1.54, 1.807) is 41.0 Å². The number of rotatable bonds is 6. The Labute approximate surface area is 157 Å². The molecule has 2 atom stereocenters. The average molecular weight is 373 g/mol. The molecule has 3 rings (SSSR count). The molecule has 3 amide bonds. The molecule has 1 saturated heterocycles. The summed E-state index contributed by atoms with van der Waals surface area (Å²) in [5.74, 6) is -1.22. The molecule has 2 aliphatic rings. The van der Waals surface area contributed by atoms with Crippen LogP contribution in [0.25, 0.3) is 0 Å². The van der Waals surface area contributed by atoms with Crippen LogP contribution in [-0.4, -0.2) is 66.8 Å². The van der Waals surface area contributed by atoms with E-state index >= 15 is 0 Å². The van der Waals surface area contributed by atoms with Crippen LogP contribution < -0.4 is 5.32 Å². The highest BCUT2D eigenvalue weighted by Crippen LogP contribution is 2.41. The molecule has 2 fully saturated rings. The van der Waals surface area contributed by atoms with Crippen LogP contribution in [-0.2, 0) is 19.1 Å². The smallest absolute Gasteiger partial charge is 0.338 e. The largest absolute Gasteiger partial charge is 0.462 e.